The minimum absolute atomic E-state index is 0.0627. The van der Waals surface area contributed by atoms with Gasteiger partial charge < -0.3 is 5.73 Å². The normalized spacial score (nSPS) is 14.5. The fourth-order valence-electron chi connectivity index (χ4n) is 1.40. The Morgan fingerprint density at radius 1 is 1.38 bits per heavy atom. The van der Waals surface area contributed by atoms with Crippen molar-refractivity contribution in [3.8, 4) is 0 Å². The molecule has 1 aromatic carbocycles. The van der Waals surface area contributed by atoms with Crippen LogP contribution in [0.5, 0.6) is 0 Å². The van der Waals surface area contributed by atoms with Crippen LogP contribution in [0.1, 0.15) is 25.5 Å². The first kappa shape index (κ1) is 13.3. The van der Waals surface area contributed by atoms with Crippen molar-refractivity contribution < 1.29 is 4.79 Å². The minimum Gasteiger partial charge on any atom is -0.368 e. The van der Waals surface area contributed by atoms with Gasteiger partial charge in [0.1, 0.15) is 0 Å². The highest BCUT2D eigenvalue weighted by molar-refractivity contribution is 6.35. The van der Waals surface area contributed by atoms with Crippen molar-refractivity contribution in [2.75, 3.05) is 0 Å². The van der Waals surface area contributed by atoms with Crippen molar-refractivity contribution >= 4 is 29.1 Å². The summed E-state index contributed by atoms with van der Waals surface area (Å²) >= 11 is 11.8. The second-order valence-corrected chi connectivity index (χ2v) is 4.52. The highest BCUT2D eigenvalue weighted by atomic mass is 35.5. The Morgan fingerprint density at radius 3 is 2.50 bits per heavy atom. The number of hydrogen-bond acceptors (Lipinski definition) is 2. The molecule has 1 rings (SSSR count). The summed E-state index contributed by atoms with van der Waals surface area (Å²) in [6.45, 7) is 3.62. The summed E-state index contributed by atoms with van der Waals surface area (Å²) in [5.41, 5.74) is 6.06. The molecule has 0 aliphatic rings. The molecule has 0 saturated carbocycles. The summed E-state index contributed by atoms with van der Waals surface area (Å²) in [5.74, 6) is -0.392. The molecule has 3 N–H and O–H groups in total. The number of benzene rings is 1. The molecule has 0 fully saturated rings. The summed E-state index contributed by atoms with van der Waals surface area (Å²) in [6.07, 6.45) is 0. The molecule has 0 aromatic heterocycles. The van der Waals surface area contributed by atoms with Gasteiger partial charge in [0.05, 0.1) is 6.04 Å². The Kier molecular flexibility index (Phi) is 4.59. The van der Waals surface area contributed by atoms with Crippen LogP contribution in [0.25, 0.3) is 0 Å². The summed E-state index contributed by atoms with van der Waals surface area (Å²) < 4.78 is 0. The van der Waals surface area contributed by atoms with Crippen molar-refractivity contribution in [1.82, 2.24) is 5.32 Å². The van der Waals surface area contributed by atoms with E-state index < -0.39 is 11.9 Å². The van der Waals surface area contributed by atoms with Crippen molar-refractivity contribution in [1.29, 1.82) is 0 Å². The maximum Gasteiger partial charge on any atom is 0.234 e. The fourth-order valence-corrected chi connectivity index (χ4v) is 1.97. The number of carbonyl (C=O) groups is 1. The van der Waals surface area contributed by atoms with Gasteiger partial charge in [-0.15, -0.1) is 0 Å². The van der Waals surface area contributed by atoms with Gasteiger partial charge in [-0.05, 0) is 31.5 Å². The quantitative estimate of drug-likeness (QED) is 0.874. The maximum absolute atomic E-state index is 10.9. The number of halogens is 2. The highest BCUT2D eigenvalue weighted by Crippen LogP contribution is 2.26. The van der Waals surface area contributed by atoms with Crippen molar-refractivity contribution in [3.63, 3.8) is 0 Å². The van der Waals surface area contributed by atoms with Crippen LogP contribution < -0.4 is 11.1 Å². The lowest BCUT2D eigenvalue weighted by Crippen LogP contribution is -2.40. The Hall–Kier alpha value is -0.770. The topological polar surface area (TPSA) is 55.1 Å². The maximum atomic E-state index is 10.9. The molecule has 0 unspecified atom stereocenters. The van der Waals surface area contributed by atoms with Gasteiger partial charge in [0.25, 0.3) is 0 Å². The molecule has 16 heavy (non-hydrogen) atoms. The van der Waals surface area contributed by atoms with E-state index in [1.807, 2.05) is 13.0 Å². The lowest BCUT2D eigenvalue weighted by Gasteiger charge is -2.19. The number of nitrogens with two attached hydrogens (primary N) is 1. The summed E-state index contributed by atoms with van der Waals surface area (Å²) in [6, 6.07) is 4.80. The number of carbonyl (C=O) groups excluding carboxylic acids is 1. The monoisotopic (exact) mass is 260 g/mol. The third kappa shape index (κ3) is 3.37. The average Bonchev–Trinajstić information content (AvgIpc) is 2.16. The zero-order valence-corrected chi connectivity index (χ0v) is 10.6. The molecule has 2 atom stereocenters. The molecule has 1 amide bonds. The van der Waals surface area contributed by atoms with E-state index in [0.29, 0.717) is 10.0 Å². The zero-order valence-electron chi connectivity index (χ0n) is 9.13. The van der Waals surface area contributed by atoms with Crippen LogP contribution in [0.2, 0.25) is 10.0 Å². The van der Waals surface area contributed by atoms with E-state index in [1.165, 1.54) is 0 Å². The van der Waals surface area contributed by atoms with Gasteiger partial charge in [-0.1, -0.05) is 29.3 Å². The third-order valence-corrected chi connectivity index (χ3v) is 2.92. The van der Waals surface area contributed by atoms with Crippen molar-refractivity contribution in [3.05, 3.63) is 33.8 Å². The molecule has 0 radical (unpaired) electrons. The first-order valence-electron chi connectivity index (χ1n) is 4.92. The largest absolute Gasteiger partial charge is 0.368 e. The van der Waals surface area contributed by atoms with Gasteiger partial charge in [-0.25, -0.2) is 0 Å². The van der Waals surface area contributed by atoms with E-state index in [0.717, 1.165) is 5.56 Å². The smallest absolute Gasteiger partial charge is 0.234 e. The van der Waals surface area contributed by atoms with Gasteiger partial charge in [-0.2, -0.15) is 0 Å². The average molecular weight is 261 g/mol. The first-order chi connectivity index (χ1) is 7.41. The number of rotatable bonds is 4. The predicted octanol–water partition coefficient (Wildman–Crippen LogP) is 2.52. The van der Waals surface area contributed by atoms with Crippen LogP contribution in [0.4, 0.5) is 0 Å². The van der Waals surface area contributed by atoms with E-state index in [-0.39, 0.29) is 6.04 Å². The second-order valence-electron chi connectivity index (χ2n) is 3.68. The van der Waals surface area contributed by atoms with E-state index in [4.69, 9.17) is 28.9 Å². The number of primary amides is 1. The Morgan fingerprint density at radius 2 is 2.00 bits per heavy atom. The molecule has 0 spiro atoms. The summed E-state index contributed by atoms with van der Waals surface area (Å²) in [7, 11) is 0. The lowest BCUT2D eigenvalue weighted by molar-refractivity contribution is -0.119. The summed E-state index contributed by atoms with van der Waals surface area (Å²) in [5, 5.41) is 4.21. The van der Waals surface area contributed by atoms with Crippen LogP contribution in [0.15, 0.2) is 18.2 Å². The van der Waals surface area contributed by atoms with Crippen LogP contribution in [0.3, 0.4) is 0 Å². The number of nitrogens with one attached hydrogen (secondary N) is 1. The third-order valence-electron chi connectivity index (χ3n) is 2.36. The molecule has 0 saturated heterocycles. The Bertz CT molecular complexity index is 396. The molecular weight excluding hydrogens is 247 g/mol. The van der Waals surface area contributed by atoms with Crippen LogP contribution in [-0.2, 0) is 4.79 Å². The minimum atomic E-state index is -0.401. The molecule has 0 heterocycles. The van der Waals surface area contributed by atoms with E-state index in [9.17, 15) is 4.79 Å². The number of amides is 1. The highest BCUT2D eigenvalue weighted by Gasteiger charge is 2.15. The molecule has 0 bridgehead atoms. The van der Waals surface area contributed by atoms with Gasteiger partial charge in [0.2, 0.25) is 5.91 Å². The lowest BCUT2D eigenvalue weighted by atomic mass is 10.1. The van der Waals surface area contributed by atoms with Crippen molar-refractivity contribution in [2.24, 2.45) is 5.73 Å². The van der Waals surface area contributed by atoms with Gasteiger partial charge in [-0.3, -0.25) is 10.1 Å². The second kappa shape index (κ2) is 5.53. The van der Waals surface area contributed by atoms with E-state index in [1.54, 1.807) is 19.1 Å². The Balaban J connectivity index is 2.80. The molecule has 1 aromatic rings. The van der Waals surface area contributed by atoms with Gasteiger partial charge in [0.15, 0.2) is 0 Å². The SMILES string of the molecule is C[C@@H](N[C@H](C)c1ccc(Cl)cc1Cl)C(N)=O. The molecule has 0 aliphatic carbocycles. The number of hydrogen-bond donors (Lipinski definition) is 2. The molecular formula is C11H14Cl2N2O. The molecule has 5 heteroatoms. The molecule has 88 valence electrons. The van der Waals surface area contributed by atoms with E-state index >= 15 is 0 Å². The first-order valence-corrected chi connectivity index (χ1v) is 5.67. The fraction of sp³-hybridized carbons (Fsp3) is 0.364. The molecule has 3 nitrogen and oxygen atoms in total. The Labute approximate surface area is 105 Å². The van der Waals surface area contributed by atoms with Gasteiger partial charge >= 0.3 is 0 Å². The van der Waals surface area contributed by atoms with Crippen LogP contribution >= 0.6 is 23.2 Å². The molecule has 0 aliphatic heterocycles. The zero-order chi connectivity index (χ0) is 12.3. The predicted molar refractivity (Wildman–Crippen MR) is 66.7 cm³/mol. The van der Waals surface area contributed by atoms with Crippen molar-refractivity contribution in [2.45, 2.75) is 25.9 Å². The van der Waals surface area contributed by atoms with Crippen LogP contribution in [0, 0.1) is 0 Å². The van der Waals surface area contributed by atoms with Crippen LogP contribution in [-0.4, -0.2) is 11.9 Å². The van der Waals surface area contributed by atoms with E-state index in [2.05, 4.69) is 5.32 Å². The van der Waals surface area contributed by atoms with Gasteiger partial charge in [0, 0.05) is 16.1 Å². The summed E-state index contributed by atoms with van der Waals surface area (Å²) in [4.78, 5) is 10.9. The standard InChI is InChI=1S/C11H14Cl2N2O/c1-6(15-7(2)11(14)16)9-4-3-8(12)5-10(9)13/h3-7,15H,1-2H3,(H2,14,16)/t6-,7-/m1/s1.